The van der Waals surface area contributed by atoms with Crippen LogP contribution in [0.15, 0.2) is 4.99 Å². The molecule has 4 nitrogen and oxygen atoms in total. The number of carbonyl (C=O) groups excluding carboxylic acids is 1. The number of amidine groups is 1. The van der Waals surface area contributed by atoms with Crippen molar-refractivity contribution in [2.24, 2.45) is 10.9 Å². The van der Waals surface area contributed by atoms with Crippen LogP contribution in [-0.4, -0.2) is 37.8 Å². The molecule has 1 saturated carbocycles. The Hall–Kier alpha value is -0.900. The number of nitrogens with zero attached hydrogens (tertiary/aromatic N) is 1. The van der Waals surface area contributed by atoms with E-state index < -0.39 is 0 Å². The predicted molar refractivity (Wildman–Crippen MR) is 60.1 cm³/mol. The van der Waals surface area contributed by atoms with Crippen molar-refractivity contribution in [1.82, 2.24) is 10.6 Å². The Morgan fingerprint density at radius 2 is 2.47 bits per heavy atom. The van der Waals surface area contributed by atoms with Gasteiger partial charge in [-0.15, -0.1) is 0 Å². The van der Waals surface area contributed by atoms with Gasteiger partial charge in [-0.1, -0.05) is 19.3 Å². The van der Waals surface area contributed by atoms with E-state index in [2.05, 4.69) is 15.6 Å². The third-order valence-corrected chi connectivity index (χ3v) is 3.37. The molecule has 0 aromatic heterocycles. The fraction of sp³-hybridized carbons (Fsp3) is 0.818. The van der Waals surface area contributed by atoms with Crippen LogP contribution in [0.1, 0.15) is 25.7 Å². The summed E-state index contributed by atoms with van der Waals surface area (Å²) in [6.45, 7) is 1.54. The first-order valence-electron chi connectivity index (χ1n) is 5.81. The minimum Gasteiger partial charge on any atom is -0.365 e. The molecule has 4 heteroatoms. The lowest BCUT2D eigenvalue weighted by Gasteiger charge is -2.28. The highest BCUT2D eigenvalue weighted by Crippen LogP contribution is 2.30. The maximum absolute atomic E-state index is 12.0. The maximum Gasteiger partial charge on any atom is 0.214 e. The average molecular weight is 209 g/mol. The van der Waals surface area contributed by atoms with Crippen LogP contribution in [0.2, 0.25) is 0 Å². The third-order valence-electron chi connectivity index (χ3n) is 3.37. The van der Waals surface area contributed by atoms with Gasteiger partial charge >= 0.3 is 0 Å². The normalized spacial score (nSPS) is 22.9. The van der Waals surface area contributed by atoms with Gasteiger partial charge in [0.2, 0.25) is 5.78 Å². The molecule has 0 spiro atoms. The van der Waals surface area contributed by atoms with E-state index in [0.29, 0.717) is 5.84 Å². The number of likely N-dealkylation sites (N-methyl/N-ethyl adjacent to an activating group) is 1. The van der Waals surface area contributed by atoms with Crippen LogP contribution in [0.3, 0.4) is 0 Å². The number of Topliss-reactive ketones (excluding diaryl/α,β-unsaturated/α-hetero) is 1. The van der Waals surface area contributed by atoms with Crippen LogP contribution in [0, 0.1) is 5.92 Å². The molecule has 15 heavy (non-hydrogen) atoms. The first kappa shape index (κ1) is 10.6. The molecule has 0 aromatic carbocycles. The molecule has 1 atom stereocenters. The van der Waals surface area contributed by atoms with Crippen molar-refractivity contribution in [2.75, 3.05) is 20.1 Å². The second kappa shape index (κ2) is 4.75. The number of nitrogens with one attached hydrogen (secondary N) is 2. The topological polar surface area (TPSA) is 53.5 Å². The fourth-order valence-corrected chi connectivity index (χ4v) is 2.15. The van der Waals surface area contributed by atoms with Crippen molar-refractivity contribution in [3.8, 4) is 0 Å². The van der Waals surface area contributed by atoms with Crippen LogP contribution in [0.25, 0.3) is 0 Å². The second-order valence-corrected chi connectivity index (χ2v) is 4.40. The van der Waals surface area contributed by atoms with Crippen molar-refractivity contribution >= 4 is 11.6 Å². The van der Waals surface area contributed by atoms with Gasteiger partial charge in [-0.3, -0.25) is 9.79 Å². The summed E-state index contributed by atoms with van der Waals surface area (Å²) in [5.74, 6) is 1.46. The first-order valence-corrected chi connectivity index (χ1v) is 5.81. The Labute approximate surface area is 90.5 Å². The molecule has 0 amide bonds. The molecule has 1 aliphatic heterocycles. The Balaban J connectivity index is 1.89. The van der Waals surface area contributed by atoms with Gasteiger partial charge in [0.1, 0.15) is 0 Å². The van der Waals surface area contributed by atoms with Gasteiger partial charge < -0.3 is 10.6 Å². The summed E-state index contributed by atoms with van der Waals surface area (Å²) in [5, 5.41) is 6.15. The summed E-state index contributed by atoms with van der Waals surface area (Å²) in [5.41, 5.74) is 0. The summed E-state index contributed by atoms with van der Waals surface area (Å²) in [7, 11) is 1.86. The Kier molecular flexibility index (Phi) is 3.36. The van der Waals surface area contributed by atoms with Crippen molar-refractivity contribution in [3.05, 3.63) is 0 Å². The molecule has 2 aliphatic rings. The summed E-state index contributed by atoms with van der Waals surface area (Å²) in [6.07, 6.45) is 4.86. The number of carbonyl (C=O) groups is 1. The van der Waals surface area contributed by atoms with Gasteiger partial charge in [0.25, 0.3) is 0 Å². The van der Waals surface area contributed by atoms with Gasteiger partial charge in [-0.25, -0.2) is 0 Å². The zero-order valence-electron chi connectivity index (χ0n) is 9.25. The van der Waals surface area contributed by atoms with Crippen molar-refractivity contribution in [3.63, 3.8) is 0 Å². The van der Waals surface area contributed by atoms with Crippen molar-refractivity contribution in [2.45, 2.75) is 31.7 Å². The van der Waals surface area contributed by atoms with E-state index in [9.17, 15) is 4.79 Å². The van der Waals surface area contributed by atoms with Crippen LogP contribution >= 0.6 is 0 Å². The van der Waals surface area contributed by atoms with Crippen LogP contribution in [-0.2, 0) is 4.79 Å². The molecule has 0 bridgehead atoms. The van der Waals surface area contributed by atoms with Crippen LogP contribution in [0.4, 0.5) is 0 Å². The minimum atomic E-state index is -0.0420. The van der Waals surface area contributed by atoms with E-state index in [1.54, 1.807) is 0 Å². The van der Waals surface area contributed by atoms with Gasteiger partial charge in [0, 0.05) is 6.54 Å². The molecular weight excluding hydrogens is 190 g/mol. The number of hydrogen-bond donors (Lipinski definition) is 2. The van der Waals surface area contributed by atoms with E-state index in [1.165, 1.54) is 19.3 Å². The lowest BCUT2D eigenvalue weighted by atomic mass is 9.80. The molecule has 0 radical (unpaired) electrons. The van der Waals surface area contributed by atoms with E-state index >= 15 is 0 Å². The van der Waals surface area contributed by atoms with Gasteiger partial charge in [0.05, 0.1) is 12.6 Å². The Morgan fingerprint density at radius 1 is 1.67 bits per heavy atom. The number of hydrogen-bond acceptors (Lipinski definition) is 4. The van der Waals surface area contributed by atoms with E-state index in [-0.39, 0.29) is 11.8 Å². The molecule has 1 aliphatic carbocycles. The van der Waals surface area contributed by atoms with Crippen molar-refractivity contribution in [1.29, 1.82) is 0 Å². The predicted octanol–water partition coefficient (Wildman–Crippen LogP) is 0.335. The number of ketones is 1. The van der Waals surface area contributed by atoms with Gasteiger partial charge in [-0.05, 0) is 19.4 Å². The molecular formula is C11H19N3O. The Bertz CT molecular complexity index is 271. The van der Waals surface area contributed by atoms with Gasteiger partial charge in [0.15, 0.2) is 5.84 Å². The standard InChI is InChI=1S/C11H19N3O/c1-12-9(7-8-3-2-4-8)10(15)11-13-5-6-14-11/h8-9,12H,2-7H2,1H3,(H,13,14). The van der Waals surface area contributed by atoms with Crippen LogP contribution < -0.4 is 10.6 Å². The van der Waals surface area contributed by atoms with Crippen LogP contribution in [0.5, 0.6) is 0 Å². The largest absolute Gasteiger partial charge is 0.365 e. The average Bonchev–Trinajstić information content (AvgIpc) is 2.68. The zero-order chi connectivity index (χ0) is 10.7. The molecule has 1 unspecified atom stereocenters. The molecule has 0 aromatic rings. The minimum absolute atomic E-state index is 0.0420. The monoisotopic (exact) mass is 209 g/mol. The lowest BCUT2D eigenvalue weighted by molar-refractivity contribution is -0.115. The van der Waals surface area contributed by atoms with Crippen molar-refractivity contribution < 1.29 is 4.79 Å². The second-order valence-electron chi connectivity index (χ2n) is 4.40. The highest BCUT2D eigenvalue weighted by Gasteiger charge is 2.28. The highest BCUT2D eigenvalue weighted by atomic mass is 16.1. The summed E-state index contributed by atoms with van der Waals surface area (Å²) >= 11 is 0. The number of aliphatic imine (C=N–C) groups is 1. The molecule has 1 fully saturated rings. The molecule has 1 heterocycles. The Morgan fingerprint density at radius 3 is 2.93 bits per heavy atom. The fourth-order valence-electron chi connectivity index (χ4n) is 2.15. The maximum atomic E-state index is 12.0. The summed E-state index contributed by atoms with van der Waals surface area (Å²) in [4.78, 5) is 16.2. The molecule has 2 N–H and O–H groups in total. The first-order chi connectivity index (χ1) is 7.31. The summed E-state index contributed by atoms with van der Waals surface area (Å²) < 4.78 is 0. The smallest absolute Gasteiger partial charge is 0.214 e. The SMILES string of the molecule is CNC(CC1CCC1)C(=O)C1=NCCN1. The number of rotatable bonds is 5. The zero-order valence-corrected chi connectivity index (χ0v) is 9.25. The van der Waals surface area contributed by atoms with E-state index in [0.717, 1.165) is 25.4 Å². The van der Waals surface area contributed by atoms with Gasteiger partial charge in [-0.2, -0.15) is 0 Å². The lowest BCUT2D eigenvalue weighted by Crippen LogP contribution is -2.44. The van der Waals surface area contributed by atoms with E-state index in [4.69, 9.17) is 0 Å². The summed E-state index contributed by atoms with van der Waals surface area (Å²) in [6, 6.07) is -0.0420. The molecule has 0 saturated heterocycles. The molecule has 84 valence electrons. The van der Waals surface area contributed by atoms with E-state index in [1.807, 2.05) is 7.05 Å². The quantitative estimate of drug-likeness (QED) is 0.686. The molecule has 2 rings (SSSR count). The third kappa shape index (κ3) is 2.37. The highest BCUT2D eigenvalue weighted by molar-refractivity contribution is 6.41.